The quantitative estimate of drug-likeness (QED) is 0.561. The zero-order valence-corrected chi connectivity index (χ0v) is 19.4. The van der Waals surface area contributed by atoms with Crippen molar-refractivity contribution < 1.29 is 27.4 Å². The first-order valence-electron chi connectivity index (χ1n) is 9.39. The van der Waals surface area contributed by atoms with Crippen LogP contribution in [-0.2, 0) is 14.8 Å². The average molecular weight is 487 g/mol. The van der Waals surface area contributed by atoms with E-state index in [2.05, 4.69) is 10.0 Å². The maximum absolute atomic E-state index is 13.0. The second kappa shape index (κ2) is 10.4. The van der Waals surface area contributed by atoms with E-state index in [1.807, 2.05) is 6.26 Å². The number of sulfonamides is 1. The van der Waals surface area contributed by atoms with Crippen LogP contribution in [0, 0.1) is 0 Å². The molecule has 2 N–H and O–H groups in total. The molecule has 3 rings (SSSR count). The van der Waals surface area contributed by atoms with E-state index in [1.165, 1.54) is 31.0 Å². The highest BCUT2D eigenvalue weighted by Crippen LogP contribution is 2.32. The normalized spacial score (nSPS) is 14.0. The summed E-state index contributed by atoms with van der Waals surface area (Å²) in [5.41, 5.74) is 0.434. The number of nitrogens with one attached hydrogen (secondary N) is 2. The van der Waals surface area contributed by atoms with Gasteiger partial charge in [0, 0.05) is 11.8 Å². The van der Waals surface area contributed by atoms with Crippen LogP contribution in [0.4, 0.5) is 5.69 Å². The lowest BCUT2D eigenvalue weighted by atomic mass is 10.2. The van der Waals surface area contributed by atoms with Gasteiger partial charge in [-0.05, 0) is 48.8 Å². The molecule has 1 aliphatic heterocycles. The summed E-state index contributed by atoms with van der Waals surface area (Å²) in [5, 5.41) is 3.04. The smallest absolute Gasteiger partial charge is 0.242 e. The number of benzene rings is 2. The Hall–Kier alpha value is -2.14. The number of amides is 1. The highest BCUT2D eigenvalue weighted by Gasteiger charge is 2.27. The highest BCUT2D eigenvalue weighted by atomic mass is 35.5. The van der Waals surface area contributed by atoms with Gasteiger partial charge in [0.25, 0.3) is 0 Å². The van der Waals surface area contributed by atoms with Gasteiger partial charge in [0.1, 0.15) is 25.0 Å². The van der Waals surface area contributed by atoms with Crippen LogP contribution in [0.3, 0.4) is 0 Å². The van der Waals surface area contributed by atoms with Gasteiger partial charge in [-0.3, -0.25) is 4.79 Å². The first kappa shape index (κ1) is 23.5. The van der Waals surface area contributed by atoms with E-state index in [-0.39, 0.29) is 4.90 Å². The van der Waals surface area contributed by atoms with Crippen LogP contribution >= 0.6 is 23.4 Å². The van der Waals surface area contributed by atoms with Crippen molar-refractivity contribution in [3.8, 4) is 17.2 Å². The summed E-state index contributed by atoms with van der Waals surface area (Å²) >= 11 is 7.62. The summed E-state index contributed by atoms with van der Waals surface area (Å²) in [4.78, 5) is 12.9. The van der Waals surface area contributed by atoms with Crippen molar-refractivity contribution >= 4 is 45.0 Å². The Morgan fingerprint density at radius 1 is 1.19 bits per heavy atom. The third kappa shape index (κ3) is 5.97. The number of hydrogen-bond acceptors (Lipinski definition) is 7. The minimum atomic E-state index is -3.98. The Morgan fingerprint density at radius 3 is 2.61 bits per heavy atom. The van der Waals surface area contributed by atoms with Gasteiger partial charge in [-0.1, -0.05) is 11.6 Å². The minimum absolute atomic E-state index is 0.00815. The van der Waals surface area contributed by atoms with Crippen molar-refractivity contribution in [2.75, 3.05) is 37.6 Å². The van der Waals surface area contributed by atoms with Crippen LogP contribution in [0.1, 0.15) is 6.42 Å². The predicted molar refractivity (Wildman–Crippen MR) is 121 cm³/mol. The first-order chi connectivity index (χ1) is 14.8. The van der Waals surface area contributed by atoms with Crippen molar-refractivity contribution in [1.29, 1.82) is 0 Å². The van der Waals surface area contributed by atoms with Crippen LogP contribution in [-0.4, -0.2) is 52.7 Å². The van der Waals surface area contributed by atoms with Crippen LogP contribution in [0.25, 0.3) is 0 Å². The lowest BCUT2D eigenvalue weighted by Crippen LogP contribution is -2.44. The molecule has 0 fully saturated rings. The molecule has 8 nitrogen and oxygen atoms in total. The van der Waals surface area contributed by atoms with Crippen molar-refractivity contribution in [3.05, 3.63) is 41.4 Å². The highest BCUT2D eigenvalue weighted by molar-refractivity contribution is 7.98. The van der Waals surface area contributed by atoms with E-state index in [9.17, 15) is 13.2 Å². The number of hydrogen-bond donors (Lipinski definition) is 2. The Kier molecular flexibility index (Phi) is 7.93. The third-order valence-electron chi connectivity index (χ3n) is 4.47. The number of fused-ring (bicyclic) bond motifs is 1. The number of ether oxygens (including phenoxy) is 3. The average Bonchev–Trinajstić information content (AvgIpc) is 2.76. The van der Waals surface area contributed by atoms with Gasteiger partial charge in [-0.15, -0.1) is 0 Å². The number of carbonyl (C=O) groups is 1. The molecular formula is C20H23ClN2O6S2. The third-order valence-corrected chi connectivity index (χ3v) is 6.88. The lowest BCUT2D eigenvalue weighted by molar-refractivity contribution is -0.117. The van der Waals surface area contributed by atoms with Gasteiger partial charge in [0.05, 0.1) is 17.0 Å². The molecule has 1 aliphatic rings. The Balaban J connectivity index is 1.78. The van der Waals surface area contributed by atoms with E-state index in [1.54, 1.807) is 24.3 Å². The van der Waals surface area contributed by atoms with Gasteiger partial charge >= 0.3 is 0 Å². The van der Waals surface area contributed by atoms with E-state index in [0.717, 1.165) is 0 Å². The number of anilines is 1. The van der Waals surface area contributed by atoms with Gasteiger partial charge in [-0.2, -0.15) is 16.5 Å². The lowest BCUT2D eigenvalue weighted by Gasteiger charge is -2.21. The van der Waals surface area contributed by atoms with E-state index in [0.29, 0.717) is 53.3 Å². The predicted octanol–water partition coefficient (Wildman–Crippen LogP) is 3.16. The van der Waals surface area contributed by atoms with E-state index in [4.69, 9.17) is 25.8 Å². The zero-order chi connectivity index (χ0) is 22.4. The van der Waals surface area contributed by atoms with Gasteiger partial charge in [0.2, 0.25) is 15.9 Å². The minimum Gasteiger partial charge on any atom is -0.495 e. The summed E-state index contributed by atoms with van der Waals surface area (Å²) in [6.45, 7) is 0.747. The molecule has 0 aromatic heterocycles. The van der Waals surface area contributed by atoms with Gasteiger partial charge < -0.3 is 19.5 Å². The molecule has 1 amide bonds. The molecular weight excluding hydrogens is 464 g/mol. The number of carbonyl (C=O) groups excluding carboxylic acids is 1. The molecule has 31 heavy (non-hydrogen) atoms. The van der Waals surface area contributed by atoms with Gasteiger partial charge in [-0.25, -0.2) is 8.42 Å². The van der Waals surface area contributed by atoms with Crippen molar-refractivity contribution in [3.63, 3.8) is 0 Å². The molecule has 1 heterocycles. The Labute approximate surface area is 190 Å². The second-order valence-electron chi connectivity index (χ2n) is 6.60. The molecule has 1 atom stereocenters. The molecule has 168 valence electrons. The fourth-order valence-corrected chi connectivity index (χ4v) is 4.87. The van der Waals surface area contributed by atoms with Gasteiger partial charge in [0.15, 0.2) is 11.5 Å². The number of halogens is 1. The Bertz CT molecular complexity index is 1050. The molecule has 0 radical (unpaired) electrons. The maximum atomic E-state index is 13.0. The van der Waals surface area contributed by atoms with Crippen molar-refractivity contribution in [1.82, 2.24) is 4.72 Å². The maximum Gasteiger partial charge on any atom is 0.242 e. The summed E-state index contributed by atoms with van der Waals surface area (Å²) < 4.78 is 44.4. The SMILES string of the molecule is COc1ccc(NC(=O)C(CCSC)NS(=O)(=O)c2ccc3c(c2)OCCO3)cc1Cl. The summed E-state index contributed by atoms with van der Waals surface area (Å²) in [5.74, 6) is 1.41. The first-order valence-corrected chi connectivity index (χ1v) is 12.6. The standard InChI is InChI=1S/C20H23ClN2O6S2/c1-27-17-5-3-13(11-15(17)21)22-20(24)16(7-10-30-2)23-31(25,26)14-4-6-18-19(12-14)29-9-8-28-18/h3-6,11-12,16,23H,7-10H2,1-2H3,(H,22,24). The monoisotopic (exact) mass is 486 g/mol. The van der Waals surface area contributed by atoms with Crippen LogP contribution in [0.2, 0.25) is 5.02 Å². The molecule has 2 aromatic carbocycles. The number of rotatable bonds is 9. The molecule has 1 unspecified atom stereocenters. The fourth-order valence-electron chi connectivity index (χ4n) is 2.90. The number of thioether (sulfide) groups is 1. The largest absolute Gasteiger partial charge is 0.495 e. The summed E-state index contributed by atoms with van der Waals surface area (Å²) in [6.07, 6.45) is 2.19. The molecule has 2 aromatic rings. The van der Waals surface area contributed by atoms with Crippen LogP contribution < -0.4 is 24.2 Å². The summed E-state index contributed by atoms with van der Waals surface area (Å²) in [6, 6.07) is 8.16. The van der Waals surface area contributed by atoms with E-state index >= 15 is 0 Å². The second-order valence-corrected chi connectivity index (χ2v) is 9.71. The fraction of sp³-hybridized carbons (Fsp3) is 0.350. The topological polar surface area (TPSA) is 103 Å². The molecule has 0 saturated heterocycles. The molecule has 0 aliphatic carbocycles. The molecule has 0 bridgehead atoms. The van der Waals surface area contributed by atoms with Crippen LogP contribution in [0.5, 0.6) is 17.2 Å². The Morgan fingerprint density at radius 2 is 1.94 bits per heavy atom. The number of methoxy groups -OCH3 is 1. The van der Waals surface area contributed by atoms with Crippen molar-refractivity contribution in [2.45, 2.75) is 17.4 Å². The van der Waals surface area contributed by atoms with Crippen molar-refractivity contribution in [2.24, 2.45) is 0 Å². The zero-order valence-electron chi connectivity index (χ0n) is 17.0. The van der Waals surface area contributed by atoms with Crippen LogP contribution in [0.15, 0.2) is 41.3 Å². The van der Waals surface area contributed by atoms with E-state index < -0.39 is 22.0 Å². The molecule has 0 saturated carbocycles. The summed E-state index contributed by atoms with van der Waals surface area (Å²) in [7, 11) is -2.49. The molecule has 0 spiro atoms. The molecule has 11 heteroatoms.